The molecule has 1 aromatic rings. The van der Waals surface area contributed by atoms with Crippen LogP contribution in [0.2, 0.25) is 0 Å². The third kappa shape index (κ3) is 4.71. The lowest BCUT2D eigenvalue weighted by molar-refractivity contribution is -0.132. The number of nitrogens with zero attached hydrogens (tertiary/aromatic N) is 1. The van der Waals surface area contributed by atoms with Crippen LogP contribution in [-0.4, -0.2) is 44.9 Å². The molecule has 0 aliphatic heterocycles. The first-order valence-corrected chi connectivity index (χ1v) is 8.18. The summed E-state index contributed by atoms with van der Waals surface area (Å²) in [6.45, 7) is 3.65. The van der Waals surface area contributed by atoms with Crippen molar-refractivity contribution in [1.82, 2.24) is 9.62 Å². The van der Waals surface area contributed by atoms with E-state index in [0.717, 1.165) is 11.3 Å². The van der Waals surface area contributed by atoms with E-state index in [1.165, 1.54) is 17.9 Å². The van der Waals surface area contributed by atoms with E-state index in [-0.39, 0.29) is 28.6 Å². The summed E-state index contributed by atoms with van der Waals surface area (Å²) in [5.74, 6) is -0.307. The number of amides is 1. The van der Waals surface area contributed by atoms with E-state index in [4.69, 9.17) is 5.73 Å². The van der Waals surface area contributed by atoms with Crippen LogP contribution in [0.4, 0.5) is 0 Å². The number of rotatable bonds is 6. The molecule has 2 unspecified atom stereocenters. The summed E-state index contributed by atoms with van der Waals surface area (Å²) in [7, 11) is -2.03. The molecule has 0 radical (unpaired) electrons. The van der Waals surface area contributed by atoms with Crippen LogP contribution >= 0.6 is 23.7 Å². The molecule has 20 heavy (non-hydrogen) atoms. The number of hydrogen-bond acceptors (Lipinski definition) is 5. The second-order valence-corrected chi connectivity index (χ2v) is 7.20. The summed E-state index contributed by atoms with van der Waals surface area (Å²) in [6.07, 6.45) is 0. The first kappa shape index (κ1) is 19.3. The third-order valence-electron chi connectivity index (χ3n) is 2.81. The minimum absolute atomic E-state index is 0. The van der Waals surface area contributed by atoms with Gasteiger partial charge in [0.1, 0.15) is 4.21 Å². The van der Waals surface area contributed by atoms with Crippen LogP contribution in [0.3, 0.4) is 0 Å². The average Bonchev–Trinajstić information content (AvgIpc) is 2.90. The molecule has 1 aromatic heterocycles. The normalized spacial score (nSPS) is 14.2. The van der Waals surface area contributed by atoms with E-state index in [0.29, 0.717) is 6.54 Å². The molecule has 116 valence electrons. The molecule has 1 amide bonds. The molecule has 0 bridgehead atoms. The molecule has 0 saturated heterocycles. The number of halogens is 1. The molecular weight excluding hydrogens is 322 g/mol. The van der Waals surface area contributed by atoms with Gasteiger partial charge in [0.15, 0.2) is 0 Å². The predicted octanol–water partition coefficient (Wildman–Crippen LogP) is 0.642. The Kier molecular flexibility index (Phi) is 7.67. The summed E-state index contributed by atoms with van der Waals surface area (Å²) in [5.41, 5.74) is 5.48. The standard InChI is InChI=1S/C11H19N3O3S2.ClH/c1-8(7-12)14(3)11(15)9(2)13-19(16,17)10-5-4-6-18-10;/h4-6,8-9,13H,7,12H2,1-3H3;1H. The molecule has 1 heterocycles. The van der Waals surface area contributed by atoms with Gasteiger partial charge in [-0.2, -0.15) is 4.72 Å². The highest BCUT2D eigenvalue weighted by Gasteiger charge is 2.26. The first-order valence-electron chi connectivity index (χ1n) is 5.82. The van der Waals surface area contributed by atoms with Crippen molar-refractivity contribution in [1.29, 1.82) is 0 Å². The Morgan fingerprint density at radius 1 is 1.50 bits per heavy atom. The quantitative estimate of drug-likeness (QED) is 0.794. The molecule has 0 saturated carbocycles. The number of hydrogen-bond donors (Lipinski definition) is 2. The second kappa shape index (κ2) is 7.94. The van der Waals surface area contributed by atoms with Gasteiger partial charge in [0, 0.05) is 19.6 Å². The van der Waals surface area contributed by atoms with Gasteiger partial charge in [0.05, 0.1) is 6.04 Å². The molecule has 3 N–H and O–H groups in total. The van der Waals surface area contributed by atoms with Gasteiger partial charge in [-0.1, -0.05) is 6.07 Å². The van der Waals surface area contributed by atoms with Crippen LogP contribution in [0, 0.1) is 0 Å². The van der Waals surface area contributed by atoms with Crippen LogP contribution in [0.5, 0.6) is 0 Å². The number of carbonyl (C=O) groups excluding carboxylic acids is 1. The van der Waals surface area contributed by atoms with E-state index in [1.807, 2.05) is 0 Å². The van der Waals surface area contributed by atoms with Crippen LogP contribution in [0.15, 0.2) is 21.7 Å². The van der Waals surface area contributed by atoms with E-state index in [2.05, 4.69) is 4.72 Å². The minimum atomic E-state index is -3.64. The predicted molar refractivity (Wildman–Crippen MR) is 82.6 cm³/mol. The van der Waals surface area contributed by atoms with Gasteiger partial charge in [-0.05, 0) is 25.3 Å². The van der Waals surface area contributed by atoms with Gasteiger partial charge in [0.25, 0.3) is 10.0 Å². The fourth-order valence-corrected chi connectivity index (χ4v) is 3.64. The Morgan fingerprint density at radius 3 is 2.55 bits per heavy atom. The van der Waals surface area contributed by atoms with E-state index >= 15 is 0 Å². The maximum Gasteiger partial charge on any atom is 0.250 e. The number of thiophene rings is 1. The summed E-state index contributed by atoms with van der Waals surface area (Å²) >= 11 is 1.11. The Hall–Kier alpha value is -0.670. The second-order valence-electron chi connectivity index (χ2n) is 4.31. The van der Waals surface area contributed by atoms with Gasteiger partial charge in [-0.15, -0.1) is 23.7 Å². The average molecular weight is 342 g/mol. The Bertz CT molecular complexity index is 519. The number of likely N-dealkylation sites (N-methyl/N-ethyl adjacent to an activating group) is 1. The highest BCUT2D eigenvalue weighted by atomic mass is 35.5. The summed E-state index contributed by atoms with van der Waals surface area (Å²) in [6, 6.07) is 2.18. The van der Waals surface area contributed by atoms with Crippen molar-refractivity contribution in [3.8, 4) is 0 Å². The van der Waals surface area contributed by atoms with Crippen LogP contribution in [0.25, 0.3) is 0 Å². The van der Waals surface area contributed by atoms with E-state index in [1.54, 1.807) is 25.4 Å². The molecule has 0 fully saturated rings. The molecule has 0 spiro atoms. The molecule has 0 aliphatic carbocycles. The first-order chi connectivity index (χ1) is 8.79. The molecule has 1 rings (SSSR count). The fourth-order valence-electron chi connectivity index (χ4n) is 1.44. The van der Waals surface area contributed by atoms with Crippen molar-refractivity contribution in [3.63, 3.8) is 0 Å². The van der Waals surface area contributed by atoms with Crippen LogP contribution in [0.1, 0.15) is 13.8 Å². The zero-order chi connectivity index (χ0) is 14.6. The summed E-state index contributed by atoms with van der Waals surface area (Å²) in [5, 5.41) is 1.67. The van der Waals surface area contributed by atoms with Crippen molar-refractivity contribution < 1.29 is 13.2 Å². The number of sulfonamides is 1. The van der Waals surface area contributed by atoms with Crippen molar-refractivity contribution in [2.45, 2.75) is 30.1 Å². The van der Waals surface area contributed by atoms with Crippen LogP contribution in [-0.2, 0) is 14.8 Å². The number of nitrogens with one attached hydrogen (secondary N) is 1. The molecule has 2 atom stereocenters. The third-order valence-corrected chi connectivity index (χ3v) is 5.75. The van der Waals surface area contributed by atoms with Crippen molar-refractivity contribution >= 4 is 39.7 Å². The van der Waals surface area contributed by atoms with Gasteiger partial charge < -0.3 is 10.6 Å². The number of carbonyl (C=O) groups is 1. The highest BCUT2D eigenvalue weighted by molar-refractivity contribution is 7.91. The van der Waals surface area contributed by atoms with Crippen LogP contribution < -0.4 is 10.5 Å². The van der Waals surface area contributed by atoms with Crippen molar-refractivity contribution in [3.05, 3.63) is 17.5 Å². The van der Waals surface area contributed by atoms with E-state index < -0.39 is 16.1 Å². The van der Waals surface area contributed by atoms with Crippen molar-refractivity contribution in [2.75, 3.05) is 13.6 Å². The molecule has 9 heteroatoms. The highest BCUT2D eigenvalue weighted by Crippen LogP contribution is 2.16. The maximum atomic E-state index is 12.0. The summed E-state index contributed by atoms with van der Waals surface area (Å²) < 4.78 is 26.5. The Labute approximate surface area is 129 Å². The Balaban J connectivity index is 0.00000361. The maximum absolute atomic E-state index is 12.0. The topological polar surface area (TPSA) is 92.5 Å². The Morgan fingerprint density at radius 2 is 2.10 bits per heavy atom. The van der Waals surface area contributed by atoms with Gasteiger partial charge >= 0.3 is 0 Å². The molecule has 0 aliphatic rings. The zero-order valence-corrected chi connectivity index (χ0v) is 14.0. The smallest absolute Gasteiger partial charge is 0.250 e. The molecular formula is C11H20ClN3O3S2. The fraction of sp³-hybridized carbons (Fsp3) is 0.545. The van der Waals surface area contributed by atoms with Crippen molar-refractivity contribution in [2.24, 2.45) is 5.73 Å². The molecule has 0 aromatic carbocycles. The van der Waals surface area contributed by atoms with Gasteiger partial charge in [-0.25, -0.2) is 8.42 Å². The lowest BCUT2D eigenvalue weighted by atomic mass is 10.2. The van der Waals surface area contributed by atoms with Gasteiger partial charge in [0.2, 0.25) is 5.91 Å². The number of nitrogens with two attached hydrogens (primary N) is 1. The lowest BCUT2D eigenvalue weighted by Gasteiger charge is -2.26. The SMILES string of the molecule is CC(NS(=O)(=O)c1cccs1)C(=O)N(C)C(C)CN.Cl. The summed E-state index contributed by atoms with van der Waals surface area (Å²) in [4.78, 5) is 13.5. The van der Waals surface area contributed by atoms with Gasteiger partial charge in [-0.3, -0.25) is 4.79 Å². The zero-order valence-electron chi connectivity index (χ0n) is 11.6. The molecule has 6 nitrogen and oxygen atoms in total. The largest absolute Gasteiger partial charge is 0.340 e. The lowest BCUT2D eigenvalue weighted by Crippen LogP contribution is -2.49. The van der Waals surface area contributed by atoms with E-state index in [9.17, 15) is 13.2 Å². The monoisotopic (exact) mass is 341 g/mol. The minimum Gasteiger partial charge on any atom is -0.340 e.